The number of ether oxygens (including phenoxy) is 1. The van der Waals surface area contributed by atoms with Crippen LogP contribution in [0.2, 0.25) is 0 Å². The highest BCUT2D eigenvalue weighted by atomic mass is 79.9. The molecule has 1 aliphatic rings. The molecule has 1 unspecified atom stereocenters. The van der Waals surface area contributed by atoms with Gasteiger partial charge < -0.3 is 15.8 Å². The molecule has 5 nitrogen and oxygen atoms in total. The predicted octanol–water partition coefficient (Wildman–Crippen LogP) is 1.34. The van der Waals surface area contributed by atoms with E-state index in [1.165, 1.54) is 0 Å². The molecule has 2 heterocycles. The number of nitrogens with zero attached hydrogens (tertiary/aromatic N) is 1. The van der Waals surface area contributed by atoms with E-state index in [0.717, 1.165) is 10.9 Å². The van der Waals surface area contributed by atoms with Gasteiger partial charge in [0.1, 0.15) is 5.82 Å². The molecule has 1 atom stereocenters. The number of amides is 1. The second-order valence-corrected chi connectivity index (χ2v) is 5.32. The number of anilines is 1. The fraction of sp³-hybridized carbons (Fsp3) is 0.455. The highest BCUT2D eigenvalue weighted by Crippen LogP contribution is 2.20. The minimum Gasteiger partial charge on any atom is -0.383 e. The van der Waals surface area contributed by atoms with Crippen molar-refractivity contribution in [2.75, 3.05) is 18.9 Å². The van der Waals surface area contributed by atoms with Crippen molar-refractivity contribution >= 4 is 27.7 Å². The zero-order valence-corrected chi connectivity index (χ0v) is 11.1. The van der Waals surface area contributed by atoms with Crippen LogP contribution in [0.3, 0.4) is 0 Å². The minimum atomic E-state index is -0.314. The van der Waals surface area contributed by atoms with Crippen LogP contribution in [0.5, 0.6) is 0 Å². The summed E-state index contributed by atoms with van der Waals surface area (Å²) >= 11 is 3.27. The number of hydrogen-bond acceptors (Lipinski definition) is 4. The second-order valence-electron chi connectivity index (χ2n) is 4.40. The molecule has 1 aromatic rings. The van der Waals surface area contributed by atoms with E-state index in [1.54, 1.807) is 12.3 Å². The first-order valence-electron chi connectivity index (χ1n) is 5.31. The van der Waals surface area contributed by atoms with Gasteiger partial charge in [0.15, 0.2) is 0 Å². The number of aromatic nitrogens is 1. The lowest BCUT2D eigenvalue weighted by atomic mass is 10.0. The van der Waals surface area contributed by atoms with Crippen LogP contribution in [0, 0.1) is 0 Å². The topological polar surface area (TPSA) is 77.2 Å². The van der Waals surface area contributed by atoms with Crippen LogP contribution >= 0.6 is 15.9 Å². The van der Waals surface area contributed by atoms with E-state index in [1.807, 2.05) is 6.92 Å². The molecule has 1 fully saturated rings. The number of nitrogens with one attached hydrogen (secondary N) is 1. The molecule has 0 spiro atoms. The average molecular weight is 300 g/mol. The molecular weight excluding hydrogens is 286 g/mol. The number of pyridine rings is 1. The van der Waals surface area contributed by atoms with Crippen molar-refractivity contribution in [3.63, 3.8) is 0 Å². The number of carbonyl (C=O) groups is 1. The summed E-state index contributed by atoms with van der Waals surface area (Å²) in [7, 11) is 0. The first-order valence-corrected chi connectivity index (χ1v) is 6.11. The van der Waals surface area contributed by atoms with Gasteiger partial charge in [-0.05, 0) is 35.3 Å². The predicted molar refractivity (Wildman–Crippen MR) is 67.7 cm³/mol. The van der Waals surface area contributed by atoms with Crippen molar-refractivity contribution in [3.8, 4) is 0 Å². The van der Waals surface area contributed by atoms with Gasteiger partial charge in [0.25, 0.3) is 5.91 Å². The first-order chi connectivity index (χ1) is 8.00. The molecule has 3 N–H and O–H groups in total. The standard InChI is InChI=1S/C11H14BrN3O2/c1-11(2-3-17-6-11)15-10(16)8-4-7(12)5-14-9(8)13/h4-5H,2-3,6H2,1H3,(H2,13,14)(H,15,16). The van der Waals surface area contributed by atoms with E-state index in [-0.39, 0.29) is 17.3 Å². The maximum absolute atomic E-state index is 12.1. The Morgan fingerprint density at radius 1 is 1.71 bits per heavy atom. The van der Waals surface area contributed by atoms with E-state index in [2.05, 4.69) is 26.2 Å². The monoisotopic (exact) mass is 299 g/mol. The van der Waals surface area contributed by atoms with Gasteiger partial charge in [0, 0.05) is 17.3 Å². The summed E-state index contributed by atoms with van der Waals surface area (Å²) in [6, 6.07) is 1.66. The lowest BCUT2D eigenvalue weighted by Crippen LogP contribution is -2.46. The molecule has 0 bridgehead atoms. The van der Waals surface area contributed by atoms with Crippen molar-refractivity contribution in [2.24, 2.45) is 0 Å². The molecule has 1 saturated heterocycles. The van der Waals surface area contributed by atoms with Crippen LogP contribution in [-0.2, 0) is 4.74 Å². The lowest BCUT2D eigenvalue weighted by molar-refractivity contribution is 0.0890. The number of hydrogen-bond donors (Lipinski definition) is 2. The Morgan fingerprint density at radius 2 is 2.47 bits per heavy atom. The van der Waals surface area contributed by atoms with Gasteiger partial charge in [-0.2, -0.15) is 0 Å². The van der Waals surface area contributed by atoms with E-state index in [9.17, 15) is 4.79 Å². The third-order valence-corrected chi connectivity index (χ3v) is 3.20. The summed E-state index contributed by atoms with van der Waals surface area (Å²) in [6.07, 6.45) is 2.37. The van der Waals surface area contributed by atoms with Gasteiger partial charge in [-0.25, -0.2) is 4.98 Å². The van der Waals surface area contributed by atoms with Crippen LogP contribution in [0.1, 0.15) is 23.7 Å². The van der Waals surface area contributed by atoms with Gasteiger partial charge in [0.05, 0.1) is 17.7 Å². The van der Waals surface area contributed by atoms with Crippen molar-refractivity contribution in [2.45, 2.75) is 18.9 Å². The van der Waals surface area contributed by atoms with Crippen molar-refractivity contribution in [3.05, 3.63) is 22.3 Å². The molecule has 2 rings (SSSR count). The van der Waals surface area contributed by atoms with E-state index >= 15 is 0 Å². The van der Waals surface area contributed by atoms with Gasteiger partial charge in [-0.3, -0.25) is 4.79 Å². The van der Waals surface area contributed by atoms with Gasteiger partial charge in [0.2, 0.25) is 0 Å². The zero-order chi connectivity index (χ0) is 12.5. The Labute approximate surface area is 108 Å². The second kappa shape index (κ2) is 4.62. The Morgan fingerprint density at radius 3 is 3.12 bits per heavy atom. The van der Waals surface area contributed by atoms with Gasteiger partial charge in [-0.1, -0.05) is 0 Å². The zero-order valence-electron chi connectivity index (χ0n) is 9.50. The molecule has 0 saturated carbocycles. The summed E-state index contributed by atoms with van der Waals surface area (Å²) in [4.78, 5) is 16.0. The van der Waals surface area contributed by atoms with E-state index < -0.39 is 0 Å². The van der Waals surface area contributed by atoms with Crippen LogP contribution < -0.4 is 11.1 Å². The average Bonchev–Trinajstić information content (AvgIpc) is 2.68. The summed E-state index contributed by atoms with van der Waals surface area (Å²) in [5, 5.41) is 2.93. The number of rotatable bonds is 2. The third-order valence-electron chi connectivity index (χ3n) is 2.76. The first kappa shape index (κ1) is 12.3. The molecular formula is C11H14BrN3O2. The van der Waals surface area contributed by atoms with Crippen LogP contribution in [0.4, 0.5) is 5.82 Å². The Hall–Kier alpha value is -1.14. The molecule has 0 aliphatic carbocycles. The lowest BCUT2D eigenvalue weighted by Gasteiger charge is -2.23. The maximum atomic E-state index is 12.1. The Bertz CT molecular complexity index is 444. The molecule has 0 radical (unpaired) electrons. The smallest absolute Gasteiger partial charge is 0.255 e. The Balaban J connectivity index is 2.17. The normalized spacial score (nSPS) is 23.6. The van der Waals surface area contributed by atoms with Crippen molar-refractivity contribution < 1.29 is 9.53 Å². The molecule has 1 amide bonds. The van der Waals surface area contributed by atoms with E-state index in [4.69, 9.17) is 10.5 Å². The largest absolute Gasteiger partial charge is 0.383 e. The van der Waals surface area contributed by atoms with Crippen molar-refractivity contribution in [1.82, 2.24) is 10.3 Å². The van der Waals surface area contributed by atoms with E-state index in [0.29, 0.717) is 18.8 Å². The van der Waals surface area contributed by atoms with Gasteiger partial charge >= 0.3 is 0 Å². The van der Waals surface area contributed by atoms with Crippen molar-refractivity contribution in [1.29, 1.82) is 0 Å². The molecule has 1 aromatic heterocycles. The number of carbonyl (C=O) groups excluding carboxylic acids is 1. The summed E-state index contributed by atoms with van der Waals surface area (Å²) < 4.78 is 6.01. The molecule has 0 aromatic carbocycles. The molecule has 1 aliphatic heterocycles. The minimum absolute atomic E-state index is 0.218. The summed E-state index contributed by atoms with van der Waals surface area (Å²) in [6.45, 7) is 3.16. The third kappa shape index (κ3) is 2.76. The highest BCUT2D eigenvalue weighted by molar-refractivity contribution is 9.10. The fourth-order valence-electron chi connectivity index (χ4n) is 1.74. The SMILES string of the molecule is CC1(NC(=O)c2cc(Br)cnc2N)CCOC1. The molecule has 6 heteroatoms. The quantitative estimate of drug-likeness (QED) is 0.864. The number of nitrogen functional groups attached to an aromatic ring is 1. The maximum Gasteiger partial charge on any atom is 0.255 e. The highest BCUT2D eigenvalue weighted by Gasteiger charge is 2.32. The number of halogens is 1. The fourth-order valence-corrected chi connectivity index (χ4v) is 2.07. The van der Waals surface area contributed by atoms with Crippen LogP contribution in [0.25, 0.3) is 0 Å². The van der Waals surface area contributed by atoms with Gasteiger partial charge in [-0.15, -0.1) is 0 Å². The molecule has 17 heavy (non-hydrogen) atoms. The van der Waals surface area contributed by atoms with Crippen LogP contribution in [-0.4, -0.2) is 29.6 Å². The summed E-state index contributed by atoms with van der Waals surface area (Å²) in [5.74, 6) is 0.0116. The molecule has 92 valence electrons. The Kier molecular flexibility index (Phi) is 3.35. The summed E-state index contributed by atoms with van der Waals surface area (Å²) in [5.41, 5.74) is 5.75. The number of nitrogens with two attached hydrogens (primary N) is 1. The van der Waals surface area contributed by atoms with Crippen LogP contribution in [0.15, 0.2) is 16.7 Å².